The molecule has 0 amide bonds. The van der Waals surface area contributed by atoms with Crippen LogP contribution in [0.4, 0.5) is 0 Å². The second kappa shape index (κ2) is 13.0. The normalized spacial score (nSPS) is 7.11. The molecular formula is H4Fe2LiO4PV. The molecule has 0 aliphatic carbocycles. The summed E-state index contributed by atoms with van der Waals surface area (Å²) in [5.41, 5.74) is 0. The first kappa shape index (κ1) is 22.5. The van der Waals surface area contributed by atoms with Crippen LogP contribution < -0.4 is 0 Å². The third-order valence-corrected chi connectivity index (χ3v) is 0. The molecule has 0 heterocycles. The van der Waals surface area contributed by atoms with Crippen LogP contribution in [0.25, 0.3) is 0 Å². The zero-order chi connectivity index (χ0) is 6.50. The second-order valence-corrected chi connectivity index (χ2v) is 1.54. The second-order valence-electron chi connectivity index (χ2n) is 0.513. The van der Waals surface area contributed by atoms with Gasteiger partial charge in [-0.25, -0.2) is 4.57 Å². The average Bonchev–Trinajstić information content (AvgIpc) is 1.36. The van der Waals surface area contributed by atoms with Crippen LogP contribution in [-0.2, 0) is 51.0 Å². The van der Waals surface area contributed by atoms with Crippen molar-refractivity contribution in [2.45, 2.75) is 0 Å². The molecule has 0 aliphatic rings. The SMILES string of the molecule is O=P(O)(O)O.[Fe].[LiH].[V][Fe]. The van der Waals surface area contributed by atoms with Gasteiger partial charge in [0.15, 0.2) is 0 Å². The summed E-state index contributed by atoms with van der Waals surface area (Å²) in [4.78, 5) is 21.6. The van der Waals surface area contributed by atoms with E-state index in [9.17, 15) is 0 Å². The van der Waals surface area contributed by atoms with Crippen LogP contribution in [0.3, 0.4) is 0 Å². The van der Waals surface area contributed by atoms with Crippen LogP contribution in [-0.4, -0.2) is 33.5 Å². The van der Waals surface area contributed by atoms with Gasteiger partial charge in [0.2, 0.25) is 0 Å². The van der Waals surface area contributed by atoms with Crippen molar-refractivity contribution in [1.29, 1.82) is 0 Å². The molecule has 0 aromatic rings. The van der Waals surface area contributed by atoms with Gasteiger partial charge in [0.25, 0.3) is 0 Å². The molecule has 9 heavy (non-hydrogen) atoms. The summed E-state index contributed by atoms with van der Waals surface area (Å²) in [6, 6.07) is 0. The third-order valence-electron chi connectivity index (χ3n) is 0. The molecule has 9 heteroatoms. The molecule has 0 saturated heterocycles. The van der Waals surface area contributed by atoms with Crippen LogP contribution in [0.1, 0.15) is 0 Å². The zero-order valence-electron chi connectivity index (χ0n) is 3.35. The van der Waals surface area contributed by atoms with Crippen molar-refractivity contribution in [2.75, 3.05) is 0 Å². The Morgan fingerprint density at radius 3 is 1.22 bits per heavy atom. The van der Waals surface area contributed by atoms with Crippen molar-refractivity contribution in [1.82, 2.24) is 0 Å². The Morgan fingerprint density at radius 1 is 1.22 bits per heavy atom. The molecule has 0 spiro atoms. The van der Waals surface area contributed by atoms with Gasteiger partial charge < -0.3 is 14.7 Å². The van der Waals surface area contributed by atoms with E-state index in [1.54, 1.807) is 0 Å². The van der Waals surface area contributed by atoms with Crippen molar-refractivity contribution < 1.29 is 65.7 Å². The molecule has 4 nitrogen and oxygen atoms in total. The molecule has 0 rings (SSSR count). The summed E-state index contributed by atoms with van der Waals surface area (Å²) < 4.78 is 8.88. The predicted molar refractivity (Wildman–Crippen MR) is 21.4 cm³/mol. The maximum atomic E-state index is 8.88. The molecule has 0 aromatic carbocycles. The molecule has 0 radical (unpaired) electrons. The van der Waals surface area contributed by atoms with Crippen LogP contribution in [0.5, 0.6) is 0 Å². The van der Waals surface area contributed by atoms with E-state index in [1.807, 2.05) is 0 Å². The minimum absolute atomic E-state index is 0. The first-order valence-corrected chi connectivity index (χ1v) is 5.04. The molecule has 0 atom stereocenters. The van der Waals surface area contributed by atoms with Crippen molar-refractivity contribution >= 4 is 26.7 Å². The first-order valence-electron chi connectivity index (χ1n) is 0.941. The van der Waals surface area contributed by atoms with E-state index in [0.717, 1.165) is 0 Å². The van der Waals surface area contributed by atoms with Gasteiger partial charge in [0.1, 0.15) is 0 Å². The summed E-state index contributed by atoms with van der Waals surface area (Å²) in [5.74, 6) is 0. The van der Waals surface area contributed by atoms with E-state index in [2.05, 4.69) is 29.4 Å². The molecule has 0 aromatic heterocycles. The Labute approximate surface area is 91.6 Å². The first-order chi connectivity index (χ1) is 3.00. The number of hydrogen-bond acceptors (Lipinski definition) is 1. The Hall–Kier alpha value is 2.33. The summed E-state index contributed by atoms with van der Waals surface area (Å²) in [5, 5.41) is 0. The van der Waals surface area contributed by atoms with Crippen LogP contribution in [0, 0.1) is 0 Å². The summed E-state index contributed by atoms with van der Waals surface area (Å²) in [6.07, 6.45) is 0. The van der Waals surface area contributed by atoms with E-state index in [4.69, 9.17) is 19.2 Å². The number of rotatable bonds is 0. The fraction of sp³-hybridized carbons (Fsp3) is 0. The molecule has 3 N–H and O–H groups in total. The summed E-state index contributed by atoms with van der Waals surface area (Å²) in [7, 11) is -4.64. The summed E-state index contributed by atoms with van der Waals surface area (Å²) >= 11 is 5.25. The van der Waals surface area contributed by atoms with Gasteiger partial charge in [-0.05, 0) is 0 Å². The molecular weight excluding hydrogens is 265 g/mol. The van der Waals surface area contributed by atoms with Gasteiger partial charge >= 0.3 is 56.1 Å². The van der Waals surface area contributed by atoms with Gasteiger partial charge in [-0.2, -0.15) is 0 Å². The monoisotopic (exact) mass is 269 g/mol. The molecule has 0 fully saturated rings. The number of hydrogen-bond donors (Lipinski definition) is 3. The average molecular weight is 269 g/mol. The fourth-order valence-corrected chi connectivity index (χ4v) is 0. The molecule has 0 bridgehead atoms. The third kappa shape index (κ3) is 132. The van der Waals surface area contributed by atoms with E-state index in [0.29, 0.717) is 0 Å². The predicted octanol–water partition coefficient (Wildman–Crippen LogP) is -1.58. The topological polar surface area (TPSA) is 77.8 Å². The van der Waals surface area contributed by atoms with Gasteiger partial charge in [-0.3, -0.25) is 0 Å². The van der Waals surface area contributed by atoms with Crippen LogP contribution in [0.15, 0.2) is 0 Å². The standard InChI is InChI=1S/2Fe.Li.H3O4P.V.H/c;;;1-5(2,3)4;;/h;;;(H3,1,2,3,4);;. The molecule has 55 valence electrons. The quantitative estimate of drug-likeness (QED) is 0.366. The van der Waals surface area contributed by atoms with Gasteiger partial charge in [-0.15, -0.1) is 0 Å². The van der Waals surface area contributed by atoms with E-state index in [1.165, 1.54) is 0 Å². The molecule has 0 saturated carbocycles. The fourth-order valence-electron chi connectivity index (χ4n) is 0. The zero-order valence-corrected chi connectivity index (χ0v) is 7.85. The van der Waals surface area contributed by atoms with Crippen molar-refractivity contribution in [3.63, 3.8) is 0 Å². The van der Waals surface area contributed by atoms with Crippen LogP contribution >= 0.6 is 7.82 Å². The van der Waals surface area contributed by atoms with Gasteiger partial charge in [-0.1, -0.05) is 0 Å². The Morgan fingerprint density at radius 2 is 1.22 bits per heavy atom. The van der Waals surface area contributed by atoms with Crippen molar-refractivity contribution in [3.8, 4) is 0 Å². The van der Waals surface area contributed by atoms with Gasteiger partial charge in [0, 0.05) is 17.1 Å². The maximum absolute atomic E-state index is 8.88. The summed E-state index contributed by atoms with van der Waals surface area (Å²) in [6.45, 7) is 0. The Bertz CT molecular complexity index is 64.7. The Balaban J connectivity index is -0.0000000286. The minimum atomic E-state index is -4.64. The molecule has 0 aliphatic heterocycles. The number of phosphoric acid groups is 1. The van der Waals surface area contributed by atoms with E-state index < -0.39 is 7.82 Å². The van der Waals surface area contributed by atoms with Crippen molar-refractivity contribution in [2.24, 2.45) is 0 Å². The van der Waals surface area contributed by atoms with Crippen molar-refractivity contribution in [3.05, 3.63) is 0 Å². The van der Waals surface area contributed by atoms with Crippen LogP contribution in [0.2, 0.25) is 0 Å². The molecule has 0 unspecified atom stereocenters. The van der Waals surface area contributed by atoms with E-state index >= 15 is 0 Å². The Kier molecular flexibility index (Phi) is 32.4. The van der Waals surface area contributed by atoms with E-state index in [-0.39, 0.29) is 35.9 Å². The van der Waals surface area contributed by atoms with Gasteiger partial charge in [0.05, 0.1) is 0 Å².